The van der Waals surface area contributed by atoms with E-state index >= 15 is 0 Å². The second kappa shape index (κ2) is 5.13. The minimum absolute atomic E-state index is 0.175. The van der Waals surface area contributed by atoms with Crippen LogP contribution in [0.1, 0.15) is 26.2 Å². The third-order valence-electron chi connectivity index (χ3n) is 3.33. The van der Waals surface area contributed by atoms with Gasteiger partial charge in [0.2, 0.25) is 11.2 Å². The summed E-state index contributed by atoms with van der Waals surface area (Å²) >= 11 is 5.94. The van der Waals surface area contributed by atoms with Crippen LogP contribution < -0.4 is 5.32 Å². The summed E-state index contributed by atoms with van der Waals surface area (Å²) in [6, 6.07) is 2.22. The van der Waals surface area contributed by atoms with E-state index in [0.717, 1.165) is 18.8 Å². The van der Waals surface area contributed by atoms with Crippen LogP contribution in [-0.2, 0) is 0 Å². The molecule has 1 fully saturated rings. The van der Waals surface area contributed by atoms with Crippen molar-refractivity contribution in [3.8, 4) is 5.95 Å². The van der Waals surface area contributed by atoms with Gasteiger partial charge in [-0.3, -0.25) is 0 Å². The van der Waals surface area contributed by atoms with Gasteiger partial charge in [-0.15, -0.1) is 0 Å². The Morgan fingerprint density at radius 2 is 2.21 bits per heavy atom. The predicted molar refractivity (Wildman–Crippen MR) is 72.4 cm³/mol. The molecule has 2 unspecified atom stereocenters. The quantitative estimate of drug-likeness (QED) is 0.933. The molecule has 0 aromatic carbocycles. The van der Waals surface area contributed by atoms with Gasteiger partial charge in [0.15, 0.2) is 0 Å². The van der Waals surface area contributed by atoms with Gasteiger partial charge in [-0.1, -0.05) is 6.92 Å². The Kier molecular flexibility index (Phi) is 3.33. The lowest BCUT2D eigenvalue weighted by Gasteiger charge is -2.12. The van der Waals surface area contributed by atoms with Crippen molar-refractivity contribution in [2.75, 3.05) is 5.32 Å². The molecule has 2 atom stereocenters. The summed E-state index contributed by atoms with van der Waals surface area (Å²) in [4.78, 5) is 12.5. The fourth-order valence-electron chi connectivity index (χ4n) is 2.41. The summed E-state index contributed by atoms with van der Waals surface area (Å²) in [6.45, 7) is 2.26. The fraction of sp³-hybridized carbons (Fsp3) is 0.500. The molecule has 0 aliphatic heterocycles. The number of hydrogen-bond acceptors (Lipinski definition) is 5. The summed E-state index contributed by atoms with van der Waals surface area (Å²) in [7, 11) is 0. The van der Waals surface area contributed by atoms with Crippen molar-refractivity contribution < 1.29 is 0 Å². The smallest absolute Gasteiger partial charge is 0.256 e. The molecule has 3 rings (SSSR count). The second-order valence-corrected chi connectivity index (χ2v) is 5.28. The summed E-state index contributed by atoms with van der Waals surface area (Å²) in [5.41, 5.74) is 0. The zero-order valence-electron chi connectivity index (χ0n) is 10.6. The van der Waals surface area contributed by atoms with E-state index in [1.54, 1.807) is 17.1 Å². The van der Waals surface area contributed by atoms with Crippen LogP contribution in [0.5, 0.6) is 0 Å². The number of aromatic nitrogens is 5. The van der Waals surface area contributed by atoms with Crippen LogP contribution in [0, 0.1) is 5.92 Å². The monoisotopic (exact) mass is 278 g/mol. The Morgan fingerprint density at radius 1 is 1.32 bits per heavy atom. The highest BCUT2D eigenvalue weighted by Crippen LogP contribution is 2.26. The molecular formula is C12H15ClN6. The lowest BCUT2D eigenvalue weighted by molar-refractivity contribution is 0.601. The summed E-state index contributed by atoms with van der Waals surface area (Å²) < 4.78 is 1.57. The Hall–Kier alpha value is -1.69. The van der Waals surface area contributed by atoms with Crippen molar-refractivity contribution >= 4 is 17.5 Å². The van der Waals surface area contributed by atoms with Gasteiger partial charge >= 0.3 is 0 Å². The molecule has 0 spiro atoms. The highest BCUT2D eigenvalue weighted by Gasteiger charge is 2.22. The normalized spacial score (nSPS) is 22.6. The SMILES string of the molecule is CC1CCC(Nc2nc(Cl)nc(-n3cccn3)n2)C1. The highest BCUT2D eigenvalue weighted by atomic mass is 35.5. The van der Waals surface area contributed by atoms with Crippen molar-refractivity contribution in [3.63, 3.8) is 0 Å². The first-order valence-corrected chi connectivity index (χ1v) is 6.76. The highest BCUT2D eigenvalue weighted by molar-refractivity contribution is 6.28. The van der Waals surface area contributed by atoms with E-state index in [4.69, 9.17) is 11.6 Å². The largest absolute Gasteiger partial charge is 0.351 e. The Morgan fingerprint density at radius 3 is 2.89 bits per heavy atom. The topological polar surface area (TPSA) is 68.5 Å². The van der Waals surface area contributed by atoms with Gasteiger partial charge in [0.25, 0.3) is 5.95 Å². The van der Waals surface area contributed by atoms with Crippen molar-refractivity contribution in [1.82, 2.24) is 24.7 Å². The molecule has 1 saturated carbocycles. The van der Waals surface area contributed by atoms with Crippen LogP contribution in [0.3, 0.4) is 0 Å². The number of anilines is 1. The van der Waals surface area contributed by atoms with E-state index < -0.39 is 0 Å². The molecule has 19 heavy (non-hydrogen) atoms. The molecule has 1 aliphatic rings. The van der Waals surface area contributed by atoms with E-state index in [1.807, 2.05) is 6.07 Å². The van der Waals surface area contributed by atoms with Gasteiger partial charge in [-0.05, 0) is 42.8 Å². The van der Waals surface area contributed by atoms with Crippen LogP contribution in [0.25, 0.3) is 5.95 Å². The Balaban J connectivity index is 1.82. The summed E-state index contributed by atoms with van der Waals surface area (Å²) in [5, 5.41) is 7.59. The molecular weight excluding hydrogens is 264 g/mol. The van der Waals surface area contributed by atoms with E-state index in [0.29, 0.717) is 17.9 Å². The van der Waals surface area contributed by atoms with Crippen molar-refractivity contribution in [3.05, 3.63) is 23.7 Å². The maximum absolute atomic E-state index is 5.94. The maximum atomic E-state index is 5.94. The zero-order chi connectivity index (χ0) is 13.2. The maximum Gasteiger partial charge on any atom is 0.256 e. The molecule has 2 heterocycles. The fourth-order valence-corrected chi connectivity index (χ4v) is 2.57. The number of halogens is 1. The van der Waals surface area contributed by atoms with Crippen molar-refractivity contribution in [2.45, 2.75) is 32.2 Å². The first-order valence-electron chi connectivity index (χ1n) is 6.39. The predicted octanol–water partition coefficient (Wildman–Crippen LogP) is 2.31. The summed E-state index contributed by atoms with van der Waals surface area (Å²) in [5.74, 6) is 1.70. The van der Waals surface area contributed by atoms with Gasteiger partial charge in [-0.25, -0.2) is 4.68 Å². The number of nitrogens with one attached hydrogen (secondary N) is 1. The molecule has 0 saturated heterocycles. The standard InChI is InChI=1S/C12H15ClN6/c1-8-3-4-9(7-8)15-11-16-10(13)17-12(18-11)19-6-2-5-14-19/h2,5-6,8-9H,3-4,7H2,1H3,(H,15,16,17,18). The van der Waals surface area contributed by atoms with Gasteiger partial charge in [-0.2, -0.15) is 20.1 Å². The molecule has 1 aliphatic carbocycles. The minimum atomic E-state index is 0.175. The number of rotatable bonds is 3. The minimum Gasteiger partial charge on any atom is -0.351 e. The van der Waals surface area contributed by atoms with E-state index in [9.17, 15) is 0 Å². The van der Waals surface area contributed by atoms with Crippen LogP contribution in [0.2, 0.25) is 5.28 Å². The lowest BCUT2D eigenvalue weighted by atomic mass is 10.1. The molecule has 1 N–H and O–H groups in total. The second-order valence-electron chi connectivity index (χ2n) is 4.94. The van der Waals surface area contributed by atoms with Gasteiger partial charge in [0.1, 0.15) is 0 Å². The number of hydrogen-bond donors (Lipinski definition) is 1. The lowest BCUT2D eigenvalue weighted by Crippen LogP contribution is -2.18. The third-order valence-corrected chi connectivity index (χ3v) is 3.50. The molecule has 7 heteroatoms. The first-order chi connectivity index (χ1) is 9.20. The number of nitrogens with zero attached hydrogens (tertiary/aromatic N) is 5. The van der Waals surface area contributed by atoms with E-state index in [1.165, 1.54) is 6.42 Å². The van der Waals surface area contributed by atoms with Crippen molar-refractivity contribution in [2.24, 2.45) is 5.92 Å². The molecule has 100 valence electrons. The third kappa shape index (κ3) is 2.84. The Labute approximate surface area is 116 Å². The molecule has 2 aromatic heterocycles. The average molecular weight is 279 g/mol. The van der Waals surface area contributed by atoms with E-state index in [2.05, 4.69) is 32.3 Å². The van der Waals surface area contributed by atoms with Crippen LogP contribution in [0.4, 0.5) is 5.95 Å². The van der Waals surface area contributed by atoms with Crippen LogP contribution in [0.15, 0.2) is 18.5 Å². The van der Waals surface area contributed by atoms with E-state index in [-0.39, 0.29) is 5.28 Å². The van der Waals surface area contributed by atoms with Crippen molar-refractivity contribution in [1.29, 1.82) is 0 Å². The van der Waals surface area contributed by atoms with Gasteiger partial charge < -0.3 is 5.32 Å². The summed E-state index contributed by atoms with van der Waals surface area (Å²) in [6.07, 6.45) is 6.96. The molecule has 0 bridgehead atoms. The van der Waals surface area contributed by atoms with Crippen LogP contribution >= 0.6 is 11.6 Å². The first kappa shape index (κ1) is 12.3. The molecule has 0 amide bonds. The molecule has 2 aromatic rings. The average Bonchev–Trinajstić information content (AvgIpc) is 3.00. The zero-order valence-corrected chi connectivity index (χ0v) is 11.4. The van der Waals surface area contributed by atoms with Gasteiger partial charge in [0.05, 0.1) is 0 Å². The molecule has 6 nitrogen and oxygen atoms in total. The Bertz CT molecular complexity index is 555. The van der Waals surface area contributed by atoms with Crippen LogP contribution in [-0.4, -0.2) is 30.8 Å². The van der Waals surface area contributed by atoms with Gasteiger partial charge in [0, 0.05) is 18.4 Å². The molecule has 0 radical (unpaired) electrons.